The van der Waals surface area contributed by atoms with Gasteiger partial charge in [0.2, 0.25) is 0 Å². The molecule has 0 N–H and O–H groups in total. The Kier molecular flexibility index (Phi) is 8.13. The summed E-state index contributed by atoms with van der Waals surface area (Å²) in [6, 6.07) is 11.9. The normalized spacial score (nSPS) is 14.8. The number of amides is 1. The van der Waals surface area contributed by atoms with Gasteiger partial charge in [0.25, 0.3) is 11.6 Å². The highest BCUT2D eigenvalue weighted by Crippen LogP contribution is 2.33. The van der Waals surface area contributed by atoms with E-state index in [1.807, 2.05) is 0 Å². The van der Waals surface area contributed by atoms with Crippen molar-refractivity contribution in [2.24, 2.45) is 0 Å². The van der Waals surface area contributed by atoms with Crippen LogP contribution in [0.3, 0.4) is 0 Å². The molecule has 0 aromatic heterocycles. The lowest BCUT2D eigenvalue weighted by Crippen LogP contribution is -2.28. The van der Waals surface area contributed by atoms with Crippen LogP contribution in [-0.4, -0.2) is 32.6 Å². The van der Waals surface area contributed by atoms with E-state index in [1.54, 1.807) is 35.2 Å². The minimum absolute atomic E-state index is 0.0785. The van der Waals surface area contributed by atoms with Crippen LogP contribution in [0.25, 0.3) is 6.08 Å². The molecule has 7 nitrogen and oxygen atoms in total. The third-order valence-electron chi connectivity index (χ3n) is 4.81. The van der Waals surface area contributed by atoms with Crippen molar-refractivity contribution in [2.75, 3.05) is 6.54 Å². The maximum atomic E-state index is 12.7. The second kappa shape index (κ2) is 11.0. The van der Waals surface area contributed by atoms with Crippen molar-refractivity contribution in [1.82, 2.24) is 4.90 Å². The van der Waals surface area contributed by atoms with E-state index in [1.165, 1.54) is 36.0 Å². The number of esters is 1. The molecular formula is C23H22N2O5S2. The average Bonchev–Trinajstić information content (AvgIpc) is 3.05. The van der Waals surface area contributed by atoms with Crippen molar-refractivity contribution in [3.8, 4) is 5.75 Å². The van der Waals surface area contributed by atoms with Crippen molar-refractivity contribution in [3.05, 3.63) is 74.7 Å². The maximum absolute atomic E-state index is 12.7. The van der Waals surface area contributed by atoms with E-state index in [9.17, 15) is 19.7 Å². The van der Waals surface area contributed by atoms with Gasteiger partial charge in [-0.2, -0.15) is 0 Å². The van der Waals surface area contributed by atoms with Gasteiger partial charge in [0, 0.05) is 18.7 Å². The number of carbonyl (C=O) groups is 2. The first kappa shape index (κ1) is 23.6. The second-order valence-corrected chi connectivity index (χ2v) is 8.83. The van der Waals surface area contributed by atoms with Crippen molar-refractivity contribution in [2.45, 2.75) is 32.6 Å². The standard InChI is InChI=1S/C23H22N2O5S2/c1-2-3-4-5-14-24-21(26)20(32-23(24)31)15-16-6-12-19(13-7-16)30-22(27)17-8-10-18(11-9-17)25(28)29/h6-13,15H,2-5,14H2,1H3/b20-15-. The number of hydrogen-bond donors (Lipinski definition) is 0. The predicted octanol–water partition coefficient (Wildman–Crippen LogP) is 5.60. The van der Waals surface area contributed by atoms with Crippen LogP contribution in [0.15, 0.2) is 53.4 Å². The fourth-order valence-corrected chi connectivity index (χ4v) is 4.37. The van der Waals surface area contributed by atoms with E-state index in [0.29, 0.717) is 21.5 Å². The number of ether oxygens (including phenoxy) is 1. The number of thiocarbonyl (C=S) groups is 1. The van der Waals surface area contributed by atoms with Gasteiger partial charge in [-0.1, -0.05) is 62.3 Å². The smallest absolute Gasteiger partial charge is 0.343 e. The number of nitro groups is 1. The highest BCUT2D eigenvalue weighted by atomic mass is 32.2. The van der Waals surface area contributed by atoms with Crippen LogP contribution >= 0.6 is 24.0 Å². The number of nitrogens with zero attached hydrogens (tertiary/aromatic N) is 2. The molecule has 0 aliphatic carbocycles. The van der Waals surface area contributed by atoms with Crippen LogP contribution in [0.4, 0.5) is 5.69 Å². The Hall–Kier alpha value is -3.04. The van der Waals surface area contributed by atoms with Crippen molar-refractivity contribution >= 4 is 51.9 Å². The Morgan fingerprint density at radius 2 is 1.81 bits per heavy atom. The molecule has 3 rings (SSSR count). The lowest BCUT2D eigenvalue weighted by Gasteiger charge is -2.13. The van der Waals surface area contributed by atoms with Crippen molar-refractivity contribution in [3.63, 3.8) is 0 Å². The Labute approximate surface area is 195 Å². The summed E-state index contributed by atoms with van der Waals surface area (Å²) in [7, 11) is 0. The number of rotatable bonds is 9. The lowest BCUT2D eigenvalue weighted by atomic mass is 10.2. The molecule has 1 saturated heterocycles. The van der Waals surface area contributed by atoms with Crippen molar-refractivity contribution in [1.29, 1.82) is 0 Å². The molecule has 9 heteroatoms. The molecule has 1 fully saturated rings. The zero-order chi connectivity index (χ0) is 23.1. The molecule has 0 atom stereocenters. The summed E-state index contributed by atoms with van der Waals surface area (Å²) in [6.07, 6.45) is 6.06. The quantitative estimate of drug-likeness (QED) is 0.0897. The van der Waals surface area contributed by atoms with E-state index in [4.69, 9.17) is 17.0 Å². The topological polar surface area (TPSA) is 89.8 Å². The minimum atomic E-state index is -0.614. The van der Waals surface area contributed by atoms with Gasteiger partial charge in [-0.05, 0) is 42.3 Å². The molecule has 32 heavy (non-hydrogen) atoms. The predicted molar refractivity (Wildman–Crippen MR) is 129 cm³/mol. The van der Waals surface area contributed by atoms with Crippen LogP contribution in [-0.2, 0) is 4.79 Å². The van der Waals surface area contributed by atoms with E-state index in [-0.39, 0.29) is 17.2 Å². The third kappa shape index (κ3) is 6.02. The summed E-state index contributed by atoms with van der Waals surface area (Å²) in [5, 5.41) is 10.7. The third-order valence-corrected chi connectivity index (χ3v) is 6.19. The summed E-state index contributed by atoms with van der Waals surface area (Å²) in [5.41, 5.74) is 0.895. The lowest BCUT2D eigenvalue weighted by molar-refractivity contribution is -0.384. The Bertz CT molecular complexity index is 1050. The largest absolute Gasteiger partial charge is 0.423 e. The summed E-state index contributed by atoms with van der Waals surface area (Å²) < 4.78 is 5.89. The number of hydrogen-bond acceptors (Lipinski definition) is 7. The van der Waals surface area contributed by atoms with Crippen LogP contribution in [0.1, 0.15) is 48.5 Å². The molecule has 0 bridgehead atoms. The van der Waals surface area contributed by atoms with Gasteiger partial charge < -0.3 is 4.74 Å². The summed E-state index contributed by atoms with van der Waals surface area (Å²) in [4.78, 5) is 37.3. The van der Waals surface area contributed by atoms with E-state index in [2.05, 4.69) is 6.92 Å². The molecule has 0 radical (unpaired) electrons. The van der Waals surface area contributed by atoms with Crippen LogP contribution in [0.2, 0.25) is 0 Å². The highest BCUT2D eigenvalue weighted by molar-refractivity contribution is 8.26. The van der Waals surface area contributed by atoms with E-state index < -0.39 is 10.9 Å². The molecule has 0 spiro atoms. The molecule has 0 unspecified atom stereocenters. The van der Waals surface area contributed by atoms with E-state index in [0.717, 1.165) is 31.2 Å². The molecule has 0 saturated carbocycles. The second-order valence-electron chi connectivity index (χ2n) is 7.16. The monoisotopic (exact) mass is 470 g/mol. The minimum Gasteiger partial charge on any atom is -0.423 e. The Morgan fingerprint density at radius 1 is 1.12 bits per heavy atom. The van der Waals surface area contributed by atoms with Crippen LogP contribution < -0.4 is 4.74 Å². The number of non-ortho nitro benzene ring substituents is 1. The molecular weight excluding hydrogens is 448 g/mol. The summed E-state index contributed by atoms with van der Waals surface area (Å²) in [5.74, 6) is -0.365. The Balaban J connectivity index is 1.61. The van der Waals surface area contributed by atoms with E-state index >= 15 is 0 Å². The molecule has 1 aliphatic rings. The Morgan fingerprint density at radius 3 is 2.44 bits per heavy atom. The van der Waals surface area contributed by atoms with Gasteiger partial charge in [-0.3, -0.25) is 19.8 Å². The first-order valence-corrected chi connectivity index (χ1v) is 11.4. The summed E-state index contributed by atoms with van der Waals surface area (Å²) >= 11 is 6.65. The maximum Gasteiger partial charge on any atom is 0.343 e. The van der Waals surface area contributed by atoms with Gasteiger partial charge in [-0.15, -0.1) is 0 Å². The number of thioether (sulfide) groups is 1. The van der Waals surface area contributed by atoms with Gasteiger partial charge in [0.05, 0.1) is 15.4 Å². The zero-order valence-electron chi connectivity index (χ0n) is 17.5. The van der Waals surface area contributed by atoms with Gasteiger partial charge in [0.1, 0.15) is 10.1 Å². The van der Waals surface area contributed by atoms with Gasteiger partial charge in [-0.25, -0.2) is 4.79 Å². The number of nitro benzene ring substituents is 1. The SMILES string of the molecule is CCCCCCN1C(=O)/C(=C/c2ccc(OC(=O)c3ccc([N+](=O)[O-])cc3)cc2)SC1=S. The fraction of sp³-hybridized carbons (Fsp3) is 0.261. The molecule has 2 aromatic carbocycles. The molecule has 1 heterocycles. The molecule has 2 aromatic rings. The fourth-order valence-electron chi connectivity index (χ4n) is 3.06. The zero-order valence-corrected chi connectivity index (χ0v) is 19.1. The first-order valence-electron chi connectivity index (χ1n) is 10.2. The molecule has 166 valence electrons. The van der Waals surface area contributed by atoms with Crippen LogP contribution in [0, 0.1) is 10.1 Å². The van der Waals surface area contributed by atoms with Gasteiger partial charge in [0.15, 0.2) is 0 Å². The number of carbonyl (C=O) groups excluding carboxylic acids is 2. The van der Waals surface area contributed by atoms with Crippen molar-refractivity contribution < 1.29 is 19.2 Å². The molecule has 1 amide bonds. The summed E-state index contributed by atoms with van der Waals surface area (Å²) in [6.45, 7) is 2.78. The van der Waals surface area contributed by atoms with Crippen LogP contribution in [0.5, 0.6) is 5.75 Å². The first-order chi connectivity index (χ1) is 15.4. The van der Waals surface area contributed by atoms with Gasteiger partial charge >= 0.3 is 5.97 Å². The molecule has 1 aliphatic heterocycles. The number of unbranched alkanes of at least 4 members (excludes halogenated alkanes) is 3. The number of benzene rings is 2. The highest BCUT2D eigenvalue weighted by Gasteiger charge is 2.31. The average molecular weight is 471 g/mol.